The monoisotopic (exact) mass is 262 g/mol. The van der Waals surface area contributed by atoms with Crippen LogP contribution in [0.1, 0.15) is 46.5 Å². The van der Waals surface area contributed by atoms with Gasteiger partial charge in [0.2, 0.25) is 5.91 Å². The molecule has 0 spiro atoms. The van der Waals surface area contributed by atoms with Crippen LogP contribution in [0, 0.1) is 17.8 Å². The van der Waals surface area contributed by atoms with Gasteiger partial charge in [-0.25, -0.2) is 0 Å². The Morgan fingerprint density at radius 3 is 2.53 bits per heavy atom. The number of rotatable bonds is 4. The standard InChI is InChI=1S/C13H26N2O.ClH/c1-9(2)10(3)8-15-13(16)11-5-4-6-12(14)7-11;/h9-12H,4-8,14H2,1-3H3,(H,15,16);1H. The van der Waals surface area contributed by atoms with Gasteiger partial charge in [-0.15, -0.1) is 12.4 Å². The Hall–Kier alpha value is -0.280. The van der Waals surface area contributed by atoms with E-state index in [0.717, 1.165) is 32.2 Å². The lowest BCUT2D eigenvalue weighted by atomic mass is 9.85. The molecule has 1 saturated carbocycles. The SMILES string of the molecule is CC(C)C(C)CNC(=O)C1CCCC(N)C1.Cl. The highest BCUT2D eigenvalue weighted by Crippen LogP contribution is 2.23. The Balaban J connectivity index is 0.00000256. The van der Waals surface area contributed by atoms with Crippen LogP contribution in [0.15, 0.2) is 0 Å². The van der Waals surface area contributed by atoms with Crippen LogP contribution in [0.4, 0.5) is 0 Å². The largest absolute Gasteiger partial charge is 0.356 e. The van der Waals surface area contributed by atoms with Crippen LogP contribution in [-0.4, -0.2) is 18.5 Å². The lowest BCUT2D eigenvalue weighted by Crippen LogP contribution is -2.39. The number of nitrogens with one attached hydrogen (secondary N) is 1. The second-order valence-electron chi connectivity index (χ2n) is 5.59. The topological polar surface area (TPSA) is 55.1 Å². The summed E-state index contributed by atoms with van der Waals surface area (Å²) in [6, 6.07) is 0.229. The number of hydrogen-bond acceptors (Lipinski definition) is 2. The minimum absolute atomic E-state index is 0. The minimum Gasteiger partial charge on any atom is -0.356 e. The molecule has 102 valence electrons. The number of halogens is 1. The predicted octanol–water partition coefficient (Wildman–Crippen LogP) is 2.33. The average molecular weight is 263 g/mol. The van der Waals surface area contributed by atoms with E-state index in [1.165, 1.54) is 0 Å². The summed E-state index contributed by atoms with van der Waals surface area (Å²) in [4.78, 5) is 11.9. The van der Waals surface area contributed by atoms with Crippen LogP contribution in [0.3, 0.4) is 0 Å². The zero-order chi connectivity index (χ0) is 12.1. The van der Waals surface area contributed by atoms with Crippen LogP contribution < -0.4 is 11.1 Å². The van der Waals surface area contributed by atoms with Gasteiger partial charge >= 0.3 is 0 Å². The molecule has 0 aromatic heterocycles. The van der Waals surface area contributed by atoms with Crippen molar-refractivity contribution in [2.24, 2.45) is 23.5 Å². The zero-order valence-electron chi connectivity index (χ0n) is 11.2. The van der Waals surface area contributed by atoms with Crippen LogP contribution >= 0.6 is 12.4 Å². The zero-order valence-corrected chi connectivity index (χ0v) is 12.1. The number of hydrogen-bond donors (Lipinski definition) is 2. The Morgan fingerprint density at radius 1 is 1.35 bits per heavy atom. The van der Waals surface area contributed by atoms with Crippen molar-refractivity contribution in [2.75, 3.05) is 6.54 Å². The lowest BCUT2D eigenvalue weighted by molar-refractivity contribution is -0.126. The first-order valence-corrected chi connectivity index (χ1v) is 6.54. The molecule has 0 aromatic rings. The maximum Gasteiger partial charge on any atom is 0.223 e. The summed E-state index contributed by atoms with van der Waals surface area (Å²) in [5.41, 5.74) is 5.89. The fourth-order valence-corrected chi connectivity index (χ4v) is 2.11. The molecule has 0 saturated heterocycles. The maximum absolute atomic E-state index is 11.9. The molecule has 3 N–H and O–H groups in total. The van der Waals surface area contributed by atoms with Crippen molar-refractivity contribution in [3.63, 3.8) is 0 Å². The first-order valence-electron chi connectivity index (χ1n) is 6.54. The third kappa shape index (κ3) is 5.73. The number of nitrogens with two attached hydrogens (primary N) is 1. The van der Waals surface area contributed by atoms with Crippen LogP contribution in [0.2, 0.25) is 0 Å². The third-order valence-electron chi connectivity index (χ3n) is 3.82. The van der Waals surface area contributed by atoms with E-state index in [2.05, 4.69) is 26.1 Å². The molecule has 17 heavy (non-hydrogen) atoms. The van der Waals surface area contributed by atoms with Crippen LogP contribution in [0.5, 0.6) is 0 Å². The summed E-state index contributed by atoms with van der Waals surface area (Å²) in [7, 11) is 0. The van der Waals surface area contributed by atoms with Crippen molar-refractivity contribution in [3.05, 3.63) is 0 Å². The van der Waals surface area contributed by atoms with Gasteiger partial charge in [-0.2, -0.15) is 0 Å². The molecule has 3 nitrogen and oxygen atoms in total. The molecule has 0 aromatic carbocycles. The molecule has 1 fully saturated rings. The Morgan fingerprint density at radius 2 is 2.00 bits per heavy atom. The molecular formula is C13H27ClN2O. The Labute approximate surface area is 111 Å². The van der Waals surface area contributed by atoms with Crippen molar-refractivity contribution < 1.29 is 4.79 Å². The van der Waals surface area contributed by atoms with Crippen molar-refractivity contribution >= 4 is 18.3 Å². The van der Waals surface area contributed by atoms with Gasteiger partial charge in [0.05, 0.1) is 0 Å². The van der Waals surface area contributed by atoms with Crippen molar-refractivity contribution in [1.29, 1.82) is 0 Å². The summed E-state index contributed by atoms with van der Waals surface area (Å²) < 4.78 is 0. The van der Waals surface area contributed by atoms with E-state index in [1.54, 1.807) is 0 Å². The van der Waals surface area contributed by atoms with Gasteiger partial charge in [0.25, 0.3) is 0 Å². The molecule has 1 amide bonds. The Kier molecular flexibility index (Phi) is 7.80. The molecule has 0 heterocycles. The van der Waals surface area contributed by atoms with Gasteiger partial charge in [0.1, 0.15) is 0 Å². The smallest absolute Gasteiger partial charge is 0.223 e. The normalized spacial score (nSPS) is 26.2. The highest BCUT2D eigenvalue weighted by atomic mass is 35.5. The Bertz CT molecular complexity index is 233. The summed E-state index contributed by atoms with van der Waals surface area (Å²) in [6.45, 7) is 7.35. The van der Waals surface area contributed by atoms with E-state index in [-0.39, 0.29) is 30.3 Å². The average Bonchev–Trinajstić information content (AvgIpc) is 2.25. The fraction of sp³-hybridized carbons (Fsp3) is 0.923. The molecule has 0 aliphatic heterocycles. The van der Waals surface area contributed by atoms with Crippen LogP contribution in [0.25, 0.3) is 0 Å². The van der Waals surface area contributed by atoms with Gasteiger partial charge in [-0.1, -0.05) is 27.2 Å². The summed E-state index contributed by atoms with van der Waals surface area (Å²) in [5.74, 6) is 1.53. The van der Waals surface area contributed by atoms with E-state index in [1.807, 2.05) is 0 Å². The number of carbonyl (C=O) groups is 1. The van der Waals surface area contributed by atoms with E-state index < -0.39 is 0 Å². The van der Waals surface area contributed by atoms with Crippen LogP contribution in [-0.2, 0) is 4.79 Å². The van der Waals surface area contributed by atoms with Gasteiger partial charge in [0, 0.05) is 18.5 Å². The fourth-order valence-electron chi connectivity index (χ4n) is 2.11. The molecule has 0 bridgehead atoms. The second kappa shape index (κ2) is 7.93. The van der Waals surface area contributed by atoms with E-state index >= 15 is 0 Å². The number of carbonyl (C=O) groups excluding carboxylic acids is 1. The molecular weight excluding hydrogens is 236 g/mol. The molecule has 3 unspecified atom stereocenters. The lowest BCUT2D eigenvalue weighted by Gasteiger charge is -2.26. The van der Waals surface area contributed by atoms with Gasteiger partial charge in [-0.3, -0.25) is 4.79 Å². The van der Waals surface area contributed by atoms with Crippen molar-refractivity contribution in [1.82, 2.24) is 5.32 Å². The molecule has 1 rings (SSSR count). The van der Waals surface area contributed by atoms with Crippen molar-refractivity contribution in [3.8, 4) is 0 Å². The maximum atomic E-state index is 11.9. The summed E-state index contributed by atoms with van der Waals surface area (Å²) in [5, 5.41) is 3.06. The molecule has 1 aliphatic rings. The molecule has 4 heteroatoms. The van der Waals surface area contributed by atoms with Gasteiger partial charge in [-0.05, 0) is 31.1 Å². The van der Waals surface area contributed by atoms with E-state index in [4.69, 9.17) is 5.73 Å². The first-order chi connectivity index (χ1) is 7.50. The van der Waals surface area contributed by atoms with E-state index in [0.29, 0.717) is 11.8 Å². The second-order valence-corrected chi connectivity index (χ2v) is 5.59. The highest BCUT2D eigenvalue weighted by Gasteiger charge is 2.25. The summed E-state index contributed by atoms with van der Waals surface area (Å²) in [6.07, 6.45) is 4.04. The first kappa shape index (κ1) is 16.7. The van der Waals surface area contributed by atoms with E-state index in [9.17, 15) is 4.79 Å². The van der Waals surface area contributed by atoms with Gasteiger partial charge in [0.15, 0.2) is 0 Å². The highest BCUT2D eigenvalue weighted by molar-refractivity contribution is 5.85. The predicted molar refractivity (Wildman–Crippen MR) is 74.2 cm³/mol. The third-order valence-corrected chi connectivity index (χ3v) is 3.82. The molecule has 3 atom stereocenters. The molecule has 0 radical (unpaired) electrons. The van der Waals surface area contributed by atoms with Gasteiger partial charge < -0.3 is 11.1 Å². The molecule has 1 aliphatic carbocycles. The quantitative estimate of drug-likeness (QED) is 0.817. The minimum atomic E-state index is 0. The summed E-state index contributed by atoms with van der Waals surface area (Å²) >= 11 is 0. The number of amides is 1. The van der Waals surface area contributed by atoms with Crippen molar-refractivity contribution in [2.45, 2.75) is 52.5 Å².